The fourth-order valence-electron chi connectivity index (χ4n) is 2.22. The molecular formula is C17H12N4O. The first kappa shape index (κ1) is 13.6. The number of nitrogen functional groups attached to an aromatic ring is 1. The normalized spacial score (nSPS) is 10.1. The summed E-state index contributed by atoms with van der Waals surface area (Å²) in [6.45, 7) is 0. The molecule has 0 unspecified atom stereocenters. The van der Waals surface area contributed by atoms with Crippen molar-refractivity contribution in [2.45, 2.75) is 0 Å². The van der Waals surface area contributed by atoms with Gasteiger partial charge in [-0.1, -0.05) is 12.1 Å². The van der Waals surface area contributed by atoms with Gasteiger partial charge in [-0.25, -0.2) is 4.98 Å². The highest BCUT2D eigenvalue weighted by Crippen LogP contribution is 2.31. The summed E-state index contributed by atoms with van der Waals surface area (Å²) in [5, 5.41) is 18.8. The number of phenolic OH excluding ortho intramolecular Hbond substituents is 1. The Balaban J connectivity index is 2.22. The van der Waals surface area contributed by atoms with E-state index in [-0.39, 0.29) is 11.6 Å². The van der Waals surface area contributed by atoms with Crippen molar-refractivity contribution in [2.24, 2.45) is 0 Å². The first-order valence-electron chi connectivity index (χ1n) is 6.59. The molecule has 3 N–H and O–H groups in total. The maximum absolute atomic E-state index is 9.41. The fraction of sp³-hybridized carbons (Fsp3) is 0. The van der Waals surface area contributed by atoms with Crippen LogP contribution in [0.4, 0.5) is 5.82 Å². The van der Waals surface area contributed by atoms with E-state index < -0.39 is 0 Å². The molecule has 0 atom stereocenters. The zero-order chi connectivity index (χ0) is 15.5. The van der Waals surface area contributed by atoms with Crippen molar-refractivity contribution in [1.29, 1.82) is 5.26 Å². The van der Waals surface area contributed by atoms with Gasteiger partial charge in [-0.3, -0.25) is 4.98 Å². The summed E-state index contributed by atoms with van der Waals surface area (Å²) in [5.74, 6) is 0.346. The van der Waals surface area contributed by atoms with E-state index in [0.29, 0.717) is 16.8 Å². The second-order valence-electron chi connectivity index (χ2n) is 4.71. The van der Waals surface area contributed by atoms with Crippen molar-refractivity contribution in [3.05, 3.63) is 60.4 Å². The molecule has 0 fully saturated rings. The minimum Gasteiger partial charge on any atom is -0.508 e. The number of benzene rings is 1. The standard InChI is InChI=1S/C17H12N4O/c18-10-15-14(11-1-3-13(22)4-2-11)9-16(21-17(15)19)12-5-7-20-8-6-12/h1-9,22H,(H2,19,21). The summed E-state index contributed by atoms with van der Waals surface area (Å²) in [5.41, 5.74) is 9.27. The van der Waals surface area contributed by atoms with E-state index in [1.54, 1.807) is 36.7 Å². The molecular weight excluding hydrogens is 276 g/mol. The van der Waals surface area contributed by atoms with Crippen LogP contribution >= 0.6 is 0 Å². The van der Waals surface area contributed by atoms with Gasteiger partial charge in [-0.15, -0.1) is 0 Å². The van der Waals surface area contributed by atoms with Crippen LogP contribution in [0.1, 0.15) is 5.56 Å². The van der Waals surface area contributed by atoms with Crippen LogP contribution in [-0.4, -0.2) is 15.1 Å². The molecule has 0 aliphatic heterocycles. The van der Waals surface area contributed by atoms with Gasteiger partial charge in [0, 0.05) is 23.5 Å². The Morgan fingerprint density at radius 3 is 2.32 bits per heavy atom. The Bertz CT molecular complexity index is 852. The van der Waals surface area contributed by atoms with E-state index in [0.717, 1.165) is 11.1 Å². The zero-order valence-corrected chi connectivity index (χ0v) is 11.6. The lowest BCUT2D eigenvalue weighted by molar-refractivity contribution is 0.475. The van der Waals surface area contributed by atoms with E-state index in [1.165, 1.54) is 0 Å². The lowest BCUT2D eigenvalue weighted by Crippen LogP contribution is -1.99. The number of hydrogen-bond acceptors (Lipinski definition) is 5. The van der Waals surface area contributed by atoms with Crippen LogP contribution in [0.5, 0.6) is 5.75 Å². The molecule has 0 radical (unpaired) electrons. The van der Waals surface area contributed by atoms with Crippen LogP contribution in [-0.2, 0) is 0 Å². The Labute approximate surface area is 127 Å². The molecule has 0 aliphatic carbocycles. The topological polar surface area (TPSA) is 95.8 Å². The summed E-state index contributed by atoms with van der Waals surface area (Å²) in [4.78, 5) is 8.27. The molecule has 3 rings (SSSR count). The second kappa shape index (κ2) is 5.54. The lowest BCUT2D eigenvalue weighted by Gasteiger charge is -2.10. The molecule has 106 valence electrons. The van der Waals surface area contributed by atoms with Crippen molar-refractivity contribution in [1.82, 2.24) is 9.97 Å². The molecule has 0 saturated heterocycles. The number of rotatable bonds is 2. The SMILES string of the molecule is N#Cc1c(-c2ccc(O)cc2)cc(-c2ccncc2)nc1N. The van der Waals surface area contributed by atoms with Gasteiger partial charge in [0.2, 0.25) is 0 Å². The van der Waals surface area contributed by atoms with Crippen LogP contribution < -0.4 is 5.73 Å². The third-order valence-electron chi connectivity index (χ3n) is 3.31. The number of pyridine rings is 2. The second-order valence-corrected chi connectivity index (χ2v) is 4.71. The number of phenols is 1. The Hall–Kier alpha value is -3.39. The smallest absolute Gasteiger partial charge is 0.142 e. The number of nitrogens with two attached hydrogens (primary N) is 1. The fourth-order valence-corrected chi connectivity index (χ4v) is 2.22. The summed E-state index contributed by atoms with van der Waals surface area (Å²) in [6, 6.07) is 14.2. The number of nitriles is 1. The number of aromatic nitrogens is 2. The van der Waals surface area contributed by atoms with Gasteiger partial charge < -0.3 is 10.8 Å². The van der Waals surface area contributed by atoms with Gasteiger partial charge in [0.25, 0.3) is 0 Å². The van der Waals surface area contributed by atoms with Crippen LogP contribution in [0.2, 0.25) is 0 Å². The zero-order valence-electron chi connectivity index (χ0n) is 11.6. The minimum absolute atomic E-state index is 0.165. The molecule has 0 saturated carbocycles. The predicted molar refractivity (Wildman–Crippen MR) is 83.7 cm³/mol. The quantitative estimate of drug-likeness (QED) is 0.755. The van der Waals surface area contributed by atoms with E-state index in [1.807, 2.05) is 18.2 Å². The molecule has 2 heterocycles. The monoisotopic (exact) mass is 288 g/mol. The van der Waals surface area contributed by atoms with Gasteiger partial charge in [0.05, 0.1) is 5.69 Å². The summed E-state index contributed by atoms with van der Waals surface area (Å²) in [7, 11) is 0. The molecule has 5 heteroatoms. The highest BCUT2D eigenvalue weighted by molar-refractivity contribution is 5.80. The first-order valence-corrected chi connectivity index (χ1v) is 6.59. The molecule has 0 amide bonds. The van der Waals surface area contributed by atoms with Gasteiger partial charge >= 0.3 is 0 Å². The third kappa shape index (κ3) is 2.45. The Morgan fingerprint density at radius 2 is 1.68 bits per heavy atom. The van der Waals surface area contributed by atoms with E-state index >= 15 is 0 Å². The molecule has 1 aromatic carbocycles. The van der Waals surface area contributed by atoms with Crippen molar-refractivity contribution in [3.63, 3.8) is 0 Å². The van der Waals surface area contributed by atoms with Crippen LogP contribution in [0.15, 0.2) is 54.9 Å². The minimum atomic E-state index is 0.165. The Kier molecular flexibility index (Phi) is 3.42. The van der Waals surface area contributed by atoms with Crippen LogP contribution in [0, 0.1) is 11.3 Å². The molecule has 0 spiro atoms. The summed E-state index contributed by atoms with van der Waals surface area (Å²) in [6.07, 6.45) is 3.34. The third-order valence-corrected chi connectivity index (χ3v) is 3.31. The summed E-state index contributed by atoms with van der Waals surface area (Å²) < 4.78 is 0. The Morgan fingerprint density at radius 1 is 1.00 bits per heavy atom. The summed E-state index contributed by atoms with van der Waals surface area (Å²) >= 11 is 0. The van der Waals surface area contributed by atoms with Gasteiger partial charge in [0.15, 0.2) is 0 Å². The van der Waals surface area contributed by atoms with Gasteiger partial charge in [-0.05, 0) is 35.9 Å². The van der Waals surface area contributed by atoms with Gasteiger partial charge in [-0.2, -0.15) is 5.26 Å². The number of aromatic hydroxyl groups is 1. The maximum atomic E-state index is 9.41. The van der Waals surface area contributed by atoms with E-state index in [9.17, 15) is 10.4 Å². The number of anilines is 1. The largest absolute Gasteiger partial charge is 0.508 e. The lowest BCUT2D eigenvalue weighted by atomic mass is 9.98. The maximum Gasteiger partial charge on any atom is 0.142 e. The van der Waals surface area contributed by atoms with E-state index in [2.05, 4.69) is 16.0 Å². The first-order chi connectivity index (χ1) is 10.7. The molecule has 22 heavy (non-hydrogen) atoms. The van der Waals surface area contributed by atoms with Crippen molar-refractivity contribution in [2.75, 3.05) is 5.73 Å². The van der Waals surface area contributed by atoms with Gasteiger partial charge in [0.1, 0.15) is 23.2 Å². The number of nitrogens with zero attached hydrogens (tertiary/aromatic N) is 3. The van der Waals surface area contributed by atoms with Crippen LogP contribution in [0.25, 0.3) is 22.4 Å². The molecule has 0 aliphatic rings. The van der Waals surface area contributed by atoms with Crippen LogP contribution in [0.3, 0.4) is 0 Å². The average molecular weight is 288 g/mol. The average Bonchev–Trinajstić information content (AvgIpc) is 2.55. The van der Waals surface area contributed by atoms with Crippen molar-refractivity contribution >= 4 is 5.82 Å². The predicted octanol–water partition coefficient (Wildman–Crippen LogP) is 2.97. The highest BCUT2D eigenvalue weighted by atomic mass is 16.3. The van der Waals surface area contributed by atoms with Crippen molar-refractivity contribution < 1.29 is 5.11 Å². The highest BCUT2D eigenvalue weighted by Gasteiger charge is 2.13. The molecule has 0 bridgehead atoms. The molecule has 2 aromatic heterocycles. The molecule has 5 nitrogen and oxygen atoms in total. The van der Waals surface area contributed by atoms with E-state index in [4.69, 9.17) is 5.73 Å². The van der Waals surface area contributed by atoms with Crippen molar-refractivity contribution in [3.8, 4) is 34.2 Å². The molecule has 3 aromatic rings. The number of hydrogen-bond donors (Lipinski definition) is 2.